The average molecular weight is 666 g/mol. The minimum Gasteiger partial charge on any atom is -0.393 e. The molecule has 0 atom stereocenters. The lowest BCUT2D eigenvalue weighted by molar-refractivity contribution is -0.518. The van der Waals surface area contributed by atoms with Crippen LogP contribution in [0.25, 0.3) is 0 Å². The van der Waals surface area contributed by atoms with Crippen molar-refractivity contribution in [3.05, 3.63) is 12.2 Å². The van der Waals surface area contributed by atoms with Gasteiger partial charge in [-0.15, -0.1) is 0 Å². The highest BCUT2D eigenvalue weighted by atomic mass is 19.4. The SMILES string of the molecule is C=C(C)C(=O)OC(F)(F)C(F)(F)C1(F)C(F)(F)C(F)(F)C(F)(F)C(F)(F)C(F)(F)C(F)(F)C(F)(F)C(F)(F)C1(F)F. The van der Waals surface area contributed by atoms with Gasteiger partial charge in [-0.05, 0) is 6.92 Å². The van der Waals surface area contributed by atoms with Crippen molar-refractivity contribution in [3.63, 3.8) is 0 Å². The third-order valence-corrected chi connectivity index (χ3v) is 5.39. The predicted octanol–water partition coefficient (Wildman–Crippen LogP) is 7.77. The van der Waals surface area contributed by atoms with Crippen molar-refractivity contribution in [3.8, 4) is 0 Å². The van der Waals surface area contributed by atoms with Crippen molar-refractivity contribution in [2.24, 2.45) is 0 Å². The van der Waals surface area contributed by atoms with Crippen LogP contribution in [0.4, 0.5) is 101 Å². The monoisotopic (exact) mass is 666 g/mol. The van der Waals surface area contributed by atoms with E-state index >= 15 is 0 Å². The van der Waals surface area contributed by atoms with Crippen LogP contribution in [0.1, 0.15) is 6.92 Å². The van der Waals surface area contributed by atoms with Crippen LogP contribution in [0.2, 0.25) is 0 Å². The molecule has 242 valence electrons. The van der Waals surface area contributed by atoms with E-state index in [1.165, 1.54) is 0 Å². The second kappa shape index (κ2) is 8.58. The molecule has 1 aliphatic rings. The zero-order valence-corrected chi connectivity index (χ0v) is 18.2. The van der Waals surface area contributed by atoms with Crippen molar-refractivity contribution in [1.29, 1.82) is 0 Å². The Morgan fingerprint density at radius 3 is 0.878 bits per heavy atom. The first-order chi connectivity index (χ1) is 17.3. The van der Waals surface area contributed by atoms with E-state index in [0.717, 1.165) is 0 Å². The quantitative estimate of drug-likeness (QED) is 0.174. The van der Waals surface area contributed by atoms with Crippen LogP contribution < -0.4 is 0 Å². The summed E-state index contributed by atoms with van der Waals surface area (Å²) in [6.07, 6.45) is -8.11. The third-order valence-electron chi connectivity index (χ3n) is 5.39. The summed E-state index contributed by atoms with van der Waals surface area (Å²) in [5.41, 5.74) is -11.6. The molecule has 0 aromatic carbocycles. The Morgan fingerprint density at radius 2 is 0.683 bits per heavy atom. The van der Waals surface area contributed by atoms with Gasteiger partial charge in [0, 0.05) is 5.57 Å². The second-order valence-electron chi connectivity index (χ2n) is 8.09. The van der Waals surface area contributed by atoms with Crippen LogP contribution >= 0.6 is 0 Å². The normalized spacial score (nSPS) is 28.7. The van der Waals surface area contributed by atoms with Crippen LogP contribution in [-0.4, -0.2) is 77.0 Å². The van der Waals surface area contributed by atoms with Crippen LogP contribution in [0.3, 0.4) is 0 Å². The Morgan fingerprint density at radius 1 is 0.488 bits per heavy atom. The second-order valence-corrected chi connectivity index (χ2v) is 8.09. The molecule has 25 heteroatoms. The Kier molecular flexibility index (Phi) is 7.67. The highest BCUT2D eigenvalue weighted by Gasteiger charge is 3.06. The Hall–Kier alpha value is -2.40. The van der Waals surface area contributed by atoms with E-state index in [1.807, 2.05) is 0 Å². The molecule has 1 fully saturated rings. The third kappa shape index (κ3) is 3.63. The van der Waals surface area contributed by atoms with E-state index in [9.17, 15) is 106 Å². The van der Waals surface area contributed by atoms with E-state index < -0.39 is 82.5 Å². The molecule has 0 unspecified atom stereocenters. The van der Waals surface area contributed by atoms with Crippen LogP contribution in [0.5, 0.6) is 0 Å². The molecule has 0 radical (unpaired) electrons. The number of carbonyl (C=O) groups is 1. The van der Waals surface area contributed by atoms with Gasteiger partial charge in [-0.2, -0.15) is 96.6 Å². The van der Waals surface area contributed by atoms with Crippen LogP contribution in [0.15, 0.2) is 12.2 Å². The van der Waals surface area contributed by atoms with Gasteiger partial charge in [-0.25, -0.2) is 9.18 Å². The maximum atomic E-state index is 14.9. The summed E-state index contributed by atoms with van der Waals surface area (Å²) in [6, 6.07) is 0. The molecule has 2 nitrogen and oxygen atoms in total. The van der Waals surface area contributed by atoms with Crippen molar-refractivity contribution in [1.82, 2.24) is 0 Å². The van der Waals surface area contributed by atoms with Crippen molar-refractivity contribution >= 4 is 5.97 Å². The van der Waals surface area contributed by atoms with Gasteiger partial charge in [0.2, 0.25) is 0 Å². The highest BCUT2D eigenvalue weighted by molar-refractivity contribution is 5.87. The van der Waals surface area contributed by atoms with Crippen LogP contribution in [-0.2, 0) is 9.53 Å². The zero-order chi connectivity index (χ0) is 33.9. The minimum absolute atomic E-state index is 0.0994. The molecular formula is C16H5F23O2. The maximum Gasteiger partial charge on any atom is 0.470 e. The first kappa shape index (κ1) is 36.6. The van der Waals surface area contributed by atoms with Crippen molar-refractivity contribution < 1.29 is 111 Å². The molecule has 0 aliphatic heterocycles. The molecule has 0 aromatic rings. The number of rotatable bonds is 4. The lowest BCUT2D eigenvalue weighted by atomic mass is 9.71. The number of ether oxygens (including phenoxy) is 1. The Balaban J connectivity index is 4.66. The van der Waals surface area contributed by atoms with Gasteiger partial charge < -0.3 is 4.74 Å². The Bertz CT molecular complexity index is 1030. The highest BCUT2D eigenvalue weighted by Crippen LogP contribution is 2.73. The summed E-state index contributed by atoms with van der Waals surface area (Å²) in [7, 11) is 0. The molecule has 1 aliphatic carbocycles. The fourth-order valence-electron chi connectivity index (χ4n) is 2.87. The van der Waals surface area contributed by atoms with E-state index in [4.69, 9.17) is 0 Å². The maximum absolute atomic E-state index is 14.9. The van der Waals surface area contributed by atoms with Crippen molar-refractivity contribution in [2.45, 2.75) is 77.9 Å². The number of hydrogen-bond acceptors (Lipinski definition) is 2. The van der Waals surface area contributed by atoms with Gasteiger partial charge in [0.15, 0.2) is 0 Å². The van der Waals surface area contributed by atoms with E-state index in [1.54, 1.807) is 0 Å². The average Bonchev–Trinajstić information content (AvgIpc) is 2.75. The topological polar surface area (TPSA) is 26.3 Å². The van der Waals surface area contributed by atoms with Gasteiger partial charge in [0.1, 0.15) is 0 Å². The van der Waals surface area contributed by atoms with Gasteiger partial charge in [0.25, 0.3) is 0 Å². The van der Waals surface area contributed by atoms with Gasteiger partial charge in [-0.3, -0.25) is 0 Å². The predicted molar refractivity (Wildman–Crippen MR) is 79.2 cm³/mol. The minimum atomic E-state index is -9.95. The number of esters is 1. The fourth-order valence-corrected chi connectivity index (χ4v) is 2.87. The van der Waals surface area contributed by atoms with E-state index in [0.29, 0.717) is 0 Å². The lowest BCUT2D eigenvalue weighted by Crippen LogP contribution is -2.87. The van der Waals surface area contributed by atoms with Gasteiger partial charge in [-0.1, -0.05) is 6.58 Å². The number of halogens is 23. The summed E-state index contributed by atoms with van der Waals surface area (Å²) in [5, 5.41) is 0. The Labute approximate surface area is 208 Å². The van der Waals surface area contributed by atoms with Crippen molar-refractivity contribution in [2.75, 3.05) is 0 Å². The number of alkyl halides is 23. The first-order valence-electron chi connectivity index (χ1n) is 9.06. The first-order valence-corrected chi connectivity index (χ1v) is 9.06. The fraction of sp³-hybridized carbons (Fsp3) is 0.812. The summed E-state index contributed by atoms with van der Waals surface area (Å²) >= 11 is 0. The molecule has 41 heavy (non-hydrogen) atoms. The molecule has 0 amide bonds. The van der Waals surface area contributed by atoms with Gasteiger partial charge >= 0.3 is 77.0 Å². The molecule has 0 N–H and O–H groups in total. The molecule has 0 heterocycles. The number of carbonyl (C=O) groups excluding carboxylic acids is 1. The molecule has 0 aromatic heterocycles. The molecular weight excluding hydrogens is 661 g/mol. The largest absolute Gasteiger partial charge is 0.470 e. The molecule has 0 saturated heterocycles. The molecule has 1 rings (SSSR count). The summed E-state index contributed by atoms with van der Waals surface area (Å²) in [5.74, 6) is -98.2. The van der Waals surface area contributed by atoms with Crippen LogP contribution in [0, 0.1) is 0 Å². The van der Waals surface area contributed by atoms with Gasteiger partial charge in [0.05, 0.1) is 0 Å². The zero-order valence-electron chi connectivity index (χ0n) is 18.2. The van der Waals surface area contributed by atoms with E-state index in [-0.39, 0.29) is 6.92 Å². The van der Waals surface area contributed by atoms with E-state index in [2.05, 4.69) is 11.3 Å². The molecule has 0 spiro atoms. The molecule has 1 saturated carbocycles. The smallest absolute Gasteiger partial charge is 0.393 e. The summed E-state index contributed by atoms with van der Waals surface area (Å²) in [4.78, 5) is 11.0. The molecule has 0 bridgehead atoms. The summed E-state index contributed by atoms with van der Waals surface area (Å²) < 4.78 is 322. The lowest BCUT2D eigenvalue weighted by Gasteiger charge is -2.52. The number of hydrogen-bond donors (Lipinski definition) is 0. The summed E-state index contributed by atoms with van der Waals surface area (Å²) in [6.45, 7) is 2.37. The standard InChI is InChI=1S/C16H5F23O2/c1-3(2)4(40)41-16(38,39)8(22,23)5(17)6(18,19)9(24,25)11(28,29)13(32,33)15(36,37)14(34,35)12(30,31)10(26,27)7(5,20)21/h1H2,2H3.